The maximum atomic E-state index is 13.1. The molecule has 0 saturated carbocycles. The summed E-state index contributed by atoms with van der Waals surface area (Å²) in [6.07, 6.45) is -8.85. The molecule has 2 rings (SSSR count). The Labute approximate surface area is 147 Å². The molecule has 0 spiro atoms. The number of hydrogen-bond acceptors (Lipinski definition) is 3. The molecule has 1 aromatic carbocycles. The fourth-order valence-corrected chi connectivity index (χ4v) is 3.04. The second-order valence-corrected chi connectivity index (χ2v) is 6.23. The van der Waals surface area contributed by atoms with Crippen LogP contribution in [0.2, 0.25) is 0 Å². The second kappa shape index (κ2) is 7.11. The normalized spacial score (nSPS) is 20.0. The summed E-state index contributed by atoms with van der Waals surface area (Å²) in [6, 6.07) is 2.67. The number of nitrogens with zero attached hydrogens (tertiary/aromatic N) is 1. The monoisotopic (exact) mass is 382 g/mol. The van der Waals surface area contributed by atoms with Crippen molar-refractivity contribution in [2.75, 3.05) is 24.5 Å². The Morgan fingerprint density at radius 1 is 1.15 bits per heavy atom. The van der Waals surface area contributed by atoms with Crippen LogP contribution in [-0.2, 0) is 5.60 Å². The van der Waals surface area contributed by atoms with Gasteiger partial charge in [0.15, 0.2) is 0 Å². The van der Waals surface area contributed by atoms with Gasteiger partial charge >= 0.3 is 12.4 Å². The maximum Gasteiger partial charge on any atom is 0.430 e. The van der Waals surface area contributed by atoms with Crippen LogP contribution in [0, 0.1) is 0 Å². The molecule has 1 unspecified atom stereocenters. The Morgan fingerprint density at radius 2 is 1.77 bits per heavy atom. The number of benzene rings is 1. The smallest absolute Gasteiger partial charge is 0.369 e. The van der Waals surface area contributed by atoms with Crippen LogP contribution < -0.4 is 10.2 Å². The van der Waals surface area contributed by atoms with Gasteiger partial charge in [-0.05, 0) is 31.5 Å². The molecule has 1 heterocycles. The molecule has 0 aromatic heterocycles. The lowest BCUT2D eigenvalue weighted by Crippen LogP contribution is -2.54. The standard InChI is InChI=1S/C17H20F6N2O/c1-3-4-12-9-13(15(26,16(18,19)20)17(21,22)23)5-6-14(12)25-8-7-24-10-11(25)2/h3-6,9,11,24,26H,7-8,10H2,1-2H3. The third-order valence-corrected chi connectivity index (χ3v) is 4.42. The Kier molecular flexibility index (Phi) is 5.63. The Bertz CT molecular complexity index is 654. The first kappa shape index (κ1) is 20.6. The molecule has 1 aromatic rings. The topological polar surface area (TPSA) is 35.5 Å². The molecule has 0 bridgehead atoms. The summed E-state index contributed by atoms with van der Waals surface area (Å²) in [6.45, 7) is 5.37. The molecular weight excluding hydrogens is 362 g/mol. The molecule has 2 N–H and O–H groups in total. The highest BCUT2D eigenvalue weighted by atomic mass is 19.4. The van der Waals surface area contributed by atoms with Gasteiger partial charge < -0.3 is 15.3 Å². The van der Waals surface area contributed by atoms with E-state index < -0.39 is 23.5 Å². The molecule has 1 fully saturated rings. The zero-order valence-electron chi connectivity index (χ0n) is 14.2. The number of halogens is 6. The minimum absolute atomic E-state index is 0.0164. The highest BCUT2D eigenvalue weighted by molar-refractivity contribution is 5.69. The van der Waals surface area contributed by atoms with E-state index in [0.29, 0.717) is 31.4 Å². The predicted molar refractivity (Wildman–Crippen MR) is 86.8 cm³/mol. The van der Waals surface area contributed by atoms with E-state index in [9.17, 15) is 31.4 Å². The Balaban J connectivity index is 2.60. The average molecular weight is 382 g/mol. The molecule has 0 amide bonds. The molecule has 1 aliphatic rings. The number of aliphatic hydroxyl groups is 1. The van der Waals surface area contributed by atoms with E-state index in [2.05, 4.69) is 5.32 Å². The van der Waals surface area contributed by atoms with Crippen molar-refractivity contribution in [3.8, 4) is 0 Å². The van der Waals surface area contributed by atoms with Crippen molar-refractivity contribution in [3.63, 3.8) is 0 Å². The van der Waals surface area contributed by atoms with Crippen LogP contribution in [0.4, 0.5) is 32.0 Å². The lowest BCUT2D eigenvalue weighted by molar-refractivity contribution is -0.376. The van der Waals surface area contributed by atoms with Crippen molar-refractivity contribution >= 4 is 11.8 Å². The first-order chi connectivity index (χ1) is 11.9. The SMILES string of the molecule is CC=Cc1cc(C(O)(C(F)(F)F)C(F)(F)F)ccc1N1CCNCC1C. The molecular formula is C17H20F6N2O. The number of piperazine rings is 1. The predicted octanol–water partition coefficient (Wildman–Crippen LogP) is 3.83. The highest BCUT2D eigenvalue weighted by Gasteiger charge is 2.71. The van der Waals surface area contributed by atoms with Crippen LogP contribution >= 0.6 is 0 Å². The van der Waals surface area contributed by atoms with E-state index in [1.165, 1.54) is 18.2 Å². The summed E-state index contributed by atoms with van der Waals surface area (Å²) < 4.78 is 78.7. The van der Waals surface area contributed by atoms with Crippen molar-refractivity contribution in [2.24, 2.45) is 0 Å². The van der Waals surface area contributed by atoms with E-state index in [0.717, 1.165) is 6.07 Å². The summed E-state index contributed by atoms with van der Waals surface area (Å²) in [4.78, 5) is 1.91. The van der Waals surface area contributed by atoms with Crippen LogP contribution in [0.3, 0.4) is 0 Å². The van der Waals surface area contributed by atoms with Crippen LogP contribution in [0.1, 0.15) is 25.0 Å². The van der Waals surface area contributed by atoms with Gasteiger partial charge in [0, 0.05) is 36.9 Å². The Morgan fingerprint density at radius 3 is 2.27 bits per heavy atom. The number of alkyl halides is 6. The van der Waals surface area contributed by atoms with Crippen molar-refractivity contribution in [1.29, 1.82) is 0 Å². The first-order valence-electron chi connectivity index (χ1n) is 8.04. The van der Waals surface area contributed by atoms with E-state index in [1.54, 1.807) is 6.92 Å². The van der Waals surface area contributed by atoms with Crippen LogP contribution in [0.15, 0.2) is 24.3 Å². The first-order valence-corrected chi connectivity index (χ1v) is 8.04. The second-order valence-electron chi connectivity index (χ2n) is 6.23. The number of allylic oxidation sites excluding steroid dienone is 1. The largest absolute Gasteiger partial charge is 0.430 e. The third kappa shape index (κ3) is 3.55. The molecule has 3 nitrogen and oxygen atoms in total. The van der Waals surface area contributed by atoms with Crippen molar-refractivity contribution in [2.45, 2.75) is 37.8 Å². The van der Waals surface area contributed by atoms with Gasteiger partial charge in [0.1, 0.15) is 0 Å². The minimum Gasteiger partial charge on any atom is -0.369 e. The molecule has 9 heteroatoms. The quantitative estimate of drug-likeness (QED) is 0.780. The molecule has 0 radical (unpaired) electrons. The van der Waals surface area contributed by atoms with Gasteiger partial charge in [-0.1, -0.05) is 18.2 Å². The van der Waals surface area contributed by atoms with Crippen molar-refractivity contribution in [1.82, 2.24) is 5.32 Å². The molecule has 146 valence electrons. The van der Waals surface area contributed by atoms with Gasteiger partial charge in [-0.25, -0.2) is 0 Å². The minimum atomic E-state index is -5.90. The van der Waals surface area contributed by atoms with Crippen LogP contribution in [-0.4, -0.2) is 43.1 Å². The average Bonchev–Trinajstić information content (AvgIpc) is 2.53. The van der Waals surface area contributed by atoms with Crippen molar-refractivity contribution < 1.29 is 31.4 Å². The number of nitrogens with one attached hydrogen (secondary N) is 1. The summed E-state index contributed by atoms with van der Waals surface area (Å²) in [5.74, 6) is 0. The van der Waals surface area contributed by atoms with Gasteiger partial charge in [0.2, 0.25) is 0 Å². The number of rotatable bonds is 3. The summed E-state index contributed by atoms with van der Waals surface area (Å²) in [5.41, 5.74) is -5.47. The molecule has 1 aliphatic heterocycles. The van der Waals surface area contributed by atoms with E-state index in [-0.39, 0.29) is 11.6 Å². The highest BCUT2D eigenvalue weighted by Crippen LogP contribution is 2.50. The molecule has 26 heavy (non-hydrogen) atoms. The maximum absolute atomic E-state index is 13.1. The summed E-state index contributed by atoms with van der Waals surface area (Å²) >= 11 is 0. The van der Waals surface area contributed by atoms with E-state index in [4.69, 9.17) is 0 Å². The van der Waals surface area contributed by atoms with Crippen LogP contribution in [0.5, 0.6) is 0 Å². The fourth-order valence-electron chi connectivity index (χ4n) is 3.04. The number of hydrogen-bond donors (Lipinski definition) is 2. The van der Waals surface area contributed by atoms with Gasteiger partial charge in [-0.2, -0.15) is 26.3 Å². The zero-order valence-corrected chi connectivity index (χ0v) is 14.2. The van der Waals surface area contributed by atoms with Gasteiger partial charge in [-0.15, -0.1) is 0 Å². The van der Waals surface area contributed by atoms with Gasteiger partial charge in [0.05, 0.1) is 0 Å². The zero-order chi connectivity index (χ0) is 19.8. The van der Waals surface area contributed by atoms with Gasteiger partial charge in [-0.3, -0.25) is 0 Å². The molecule has 1 atom stereocenters. The molecule has 0 aliphatic carbocycles. The van der Waals surface area contributed by atoms with Gasteiger partial charge in [0.25, 0.3) is 5.60 Å². The van der Waals surface area contributed by atoms with E-state index in [1.807, 2.05) is 11.8 Å². The molecule has 1 saturated heterocycles. The summed E-state index contributed by atoms with van der Waals surface area (Å²) in [7, 11) is 0. The Hall–Kier alpha value is -1.74. The van der Waals surface area contributed by atoms with Crippen LogP contribution in [0.25, 0.3) is 6.08 Å². The lowest BCUT2D eigenvalue weighted by Gasteiger charge is -2.38. The van der Waals surface area contributed by atoms with Crippen molar-refractivity contribution in [3.05, 3.63) is 35.4 Å². The van der Waals surface area contributed by atoms with E-state index >= 15 is 0 Å². The summed E-state index contributed by atoms with van der Waals surface area (Å²) in [5, 5.41) is 12.8. The lowest BCUT2D eigenvalue weighted by atomic mass is 9.90. The number of anilines is 1. The third-order valence-electron chi connectivity index (χ3n) is 4.42. The fraction of sp³-hybridized carbons (Fsp3) is 0.529.